The highest BCUT2D eigenvalue weighted by Gasteiger charge is 2.38. The van der Waals surface area contributed by atoms with Crippen molar-refractivity contribution in [1.82, 2.24) is 9.56 Å². The fourth-order valence-corrected chi connectivity index (χ4v) is 3.76. The van der Waals surface area contributed by atoms with E-state index in [-0.39, 0.29) is 0 Å². The van der Waals surface area contributed by atoms with Crippen molar-refractivity contribution < 1.29 is 46.1 Å². The number of aromatic nitrogens is 1. The zero-order valence-corrected chi connectivity index (χ0v) is 20.4. The van der Waals surface area contributed by atoms with E-state index in [9.17, 15) is 26.3 Å². The van der Waals surface area contributed by atoms with Gasteiger partial charge in [-0.1, -0.05) is 0 Å². The molecule has 0 atom stereocenters. The quantitative estimate of drug-likeness (QED) is 0.251. The third-order valence-electron chi connectivity index (χ3n) is 4.44. The summed E-state index contributed by atoms with van der Waals surface area (Å²) in [6.07, 6.45) is -10.3. The number of benzene rings is 2. The summed E-state index contributed by atoms with van der Waals surface area (Å²) in [5.41, 5.74) is 8.75. The molecule has 2 aliphatic rings. The van der Waals surface area contributed by atoms with E-state index in [1.54, 1.807) is 11.3 Å². The molecule has 0 bridgehead atoms. The number of nitrogens with two attached hydrogens (primary N) is 1. The molecule has 8 nitrogen and oxygen atoms in total. The molecule has 1 aromatic rings. The van der Waals surface area contributed by atoms with Crippen molar-refractivity contribution in [1.29, 1.82) is 0 Å². The maximum absolute atomic E-state index is 10.6. The second-order valence-corrected chi connectivity index (χ2v) is 8.11. The minimum Gasteiger partial charge on any atom is -0.542 e. The molecule has 1 aliphatic carbocycles. The first-order valence-corrected chi connectivity index (χ1v) is 11.4. The molecule has 3 rings (SSSR count). The molecule has 0 aromatic heterocycles. The van der Waals surface area contributed by atoms with Gasteiger partial charge in [0.1, 0.15) is 19.1 Å². The van der Waals surface area contributed by atoms with E-state index in [2.05, 4.69) is 60.1 Å². The highest BCUT2D eigenvalue weighted by Crippen LogP contribution is 2.30. The molecule has 0 saturated heterocycles. The summed E-state index contributed by atoms with van der Waals surface area (Å²) in [5.74, 6) is -5.76. The van der Waals surface area contributed by atoms with Crippen LogP contribution in [0.4, 0.5) is 32.0 Å². The standard InChI is InChI=1S/C18H22N4S.2C2HF3O2/c1-3-22(4-2)14-6-8-16-18(12-14)23-17-11-13(20-10-9-19)5-7-15(17)21-16;2*3-2(4,5)1(6)7/h5-8,11-12H,3-4,9-10,19H2,1-2H3;2*(H,6,7). The van der Waals surface area contributed by atoms with E-state index in [0.717, 1.165) is 36.5 Å². The van der Waals surface area contributed by atoms with Crippen LogP contribution in [0.25, 0.3) is 20.8 Å². The molecule has 0 unspecified atom stereocenters. The molecule has 1 aromatic carbocycles. The van der Waals surface area contributed by atoms with Crippen LogP contribution in [0.3, 0.4) is 0 Å². The van der Waals surface area contributed by atoms with Gasteiger partial charge in [-0.2, -0.15) is 26.3 Å². The Kier molecular flexibility index (Phi) is 11.7. The number of carbonyl (C=O) groups is 2. The molecule has 4 N–H and O–H groups in total. The van der Waals surface area contributed by atoms with Crippen molar-refractivity contribution in [2.24, 2.45) is 5.73 Å². The molecule has 0 fully saturated rings. The first-order valence-electron chi connectivity index (χ1n) is 10.6. The van der Waals surface area contributed by atoms with Gasteiger partial charge in [-0.3, -0.25) is 0 Å². The van der Waals surface area contributed by atoms with Crippen LogP contribution in [0.1, 0.15) is 13.8 Å². The van der Waals surface area contributed by atoms with E-state index >= 15 is 0 Å². The van der Waals surface area contributed by atoms with Crippen molar-refractivity contribution in [3.63, 3.8) is 0 Å². The number of aliphatic carboxylic acids is 2. The summed E-state index contributed by atoms with van der Waals surface area (Å²) in [6, 6.07) is 12.8. The Bertz CT molecular complexity index is 1210. The van der Waals surface area contributed by atoms with Crippen LogP contribution in [0.2, 0.25) is 0 Å². The Morgan fingerprint density at radius 2 is 1.62 bits per heavy atom. The summed E-state index contributed by atoms with van der Waals surface area (Å²) in [5, 5.41) is 20.5. The van der Waals surface area contributed by atoms with Gasteiger partial charge in [0.2, 0.25) is 5.36 Å². The number of carboxylic acid groups (broad SMARTS) is 2. The van der Waals surface area contributed by atoms with E-state index in [4.69, 9.17) is 30.5 Å². The zero-order valence-electron chi connectivity index (χ0n) is 19.6. The van der Waals surface area contributed by atoms with Crippen LogP contribution >= 0.6 is 11.3 Å². The lowest BCUT2D eigenvalue weighted by molar-refractivity contribution is -0.344. The Morgan fingerprint density at radius 1 is 1.05 bits per heavy atom. The van der Waals surface area contributed by atoms with E-state index in [1.807, 2.05) is 0 Å². The maximum Gasteiger partial charge on any atom is 0.490 e. The number of nitrogens with one attached hydrogen (secondary N) is 1. The minimum absolute atomic E-state index is 0.630. The molecule has 15 heteroatoms. The second kappa shape index (κ2) is 13.7. The van der Waals surface area contributed by atoms with Crippen molar-refractivity contribution >= 4 is 39.2 Å². The number of carbonyl (C=O) groups excluding carboxylic acids is 1. The van der Waals surface area contributed by atoms with Gasteiger partial charge in [-0.05, 0) is 38.1 Å². The summed E-state index contributed by atoms with van der Waals surface area (Å²) in [4.78, 5) is 23.7. The molecule has 204 valence electrons. The summed E-state index contributed by atoms with van der Waals surface area (Å²) in [6.45, 7) is 7.81. The first-order chi connectivity index (χ1) is 17.1. The van der Waals surface area contributed by atoms with Crippen LogP contribution in [0, 0.1) is 0 Å². The van der Waals surface area contributed by atoms with Gasteiger partial charge in [0.15, 0.2) is 0 Å². The Balaban J connectivity index is 0.000000404. The monoisotopic (exact) mass is 554 g/mol. The zero-order chi connectivity index (χ0) is 28.4. The molecule has 0 amide bonds. The van der Waals surface area contributed by atoms with E-state index < -0.39 is 24.3 Å². The third kappa shape index (κ3) is 10.2. The van der Waals surface area contributed by atoms with Crippen molar-refractivity contribution in [2.45, 2.75) is 26.2 Å². The number of carboxylic acids is 2. The average molecular weight is 555 g/mol. The fourth-order valence-electron chi connectivity index (χ4n) is 2.73. The van der Waals surface area contributed by atoms with Gasteiger partial charge in [0.25, 0.3) is 0 Å². The van der Waals surface area contributed by atoms with Gasteiger partial charge >= 0.3 is 18.3 Å². The first kappa shape index (κ1) is 31.6. The van der Waals surface area contributed by atoms with Crippen LogP contribution in [-0.4, -0.2) is 60.6 Å². The van der Waals surface area contributed by atoms with Crippen molar-refractivity contribution in [3.8, 4) is 10.6 Å². The van der Waals surface area contributed by atoms with Crippen molar-refractivity contribution in [3.05, 3.63) is 41.8 Å². The van der Waals surface area contributed by atoms with Crippen LogP contribution < -0.4 is 26.1 Å². The number of hydrogen-bond donors (Lipinski definition) is 3. The lowest BCUT2D eigenvalue weighted by atomic mass is 10.2. The number of fused-ring (bicyclic) bond motifs is 2. The van der Waals surface area contributed by atoms with Gasteiger partial charge in [0, 0.05) is 30.9 Å². The second-order valence-electron chi connectivity index (χ2n) is 7.02. The molecule has 1 heterocycles. The minimum atomic E-state index is -5.19. The number of alkyl halides is 6. The van der Waals surface area contributed by atoms with Crippen LogP contribution in [0.15, 0.2) is 36.4 Å². The molecule has 0 radical (unpaired) electrons. The van der Waals surface area contributed by atoms with Gasteiger partial charge in [-0.25, -0.2) is 14.4 Å². The summed E-state index contributed by atoms with van der Waals surface area (Å²) >= 11 is 1.79. The maximum atomic E-state index is 10.6. The molecule has 37 heavy (non-hydrogen) atoms. The van der Waals surface area contributed by atoms with Crippen LogP contribution in [0.5, 0.6) is 0 Å². The van der Waals surface area contributed by atoms with Gasteiger partial charge < -0.3 is 26.1 Å². The highest BCUT2D eigenvalue weighted by molar-refractivity contribution is 7.21. The normalized spacial score (nSPS) is 11.2. The van der Waals surface area contributed by atoms with Crippen molar-refractivity contribution in [2.75, 3.05) is 31.5 Å². The molecular formula is C22H24F6N4O4S. The van der Waals surface area contributed by atoms with Crippen LogP contribution in [-0.2, 0) is 9.59 Å². The number of nitrogens with zero attached hydrogens (tertiary/aromatic N) is 2. The Hall–Kier alpha value is -3.46. The molecule has 1 aliphatic heterocycles. The largest absolute Gasteiger partial charge is 0.542 e. The van der Waals surface area contributed by atoms with Gasteiger partial charge in [0.05, 0.1) is 20.8 Å². The van der Waals surface area contributed by atoms with E-state index in [0.29, 0.717) is 6.54 Å². The average Bonchev–Trinajstić information content (AvgIpc) is 2.81. The lowest BCUT2D eigenvalue weighted by Crippen LogP contribution is -2.37. The summed E-state index contributed by atoms with van der Waals surface area (Å²) < 4.78 is 66.8. The highest BCUT2D eigenvalue weighted by atomic mass is 32.1. The third-order valence-corrected chi connectivity index (χ3v) is 5.53. The molecular weight excluding hydrogens is 530 g/mol. The topological polar surface area (TPSA) is 131 Å². The number of anilines is 1. The molecule has 0 saturated carbocycles. The summed E-state index contributed by atoms with van der Waals surface area (Å²) in [7, 11) is 0. The van der Waals surface area contributed by atoms with Gasteiger partial charge in [-0.15, -0.1) is 11.3 Å². The smallest absolute Gasteiger partial charge is 0.490 e. The predicted molar refractivity (Wildman–Crippen MR) is 125 cm³/mol. The number of rotatable bonds is 5. The molecule has 0 spiro atoms. The predicted octanol–water partition coefficient (Wildman–Crippen LogP) is 2.52. The SMILES string of the molecule is CC[N+](CC)=c1ccc2nc3ccc(NCCN)cc3sc-2c1.O=C(O)C(F)(F)F.O=C([O-])C(F)(F)F. The Labute approximate surface area is 211 Å². The Morgan fingerprint density at radius 3 is 2.08 bits per heavy atom. The fraction of sp³-hybridized carbons (Fsp3) is 0.364. The number of halogens is 6. The van der Waals surface area contributed by atoms with E-state index in [1.165, 1.54) is 14.9 Å². The lowest BCUT2D eigenvalue weighted by Gasteiger charge is -2.09. The number of hydrogen-bond acceptors (Lipinski definition) is 7.